The normalized spacial score (nSPS) is 12.4. The maximum Gasteiger partial charge on any atom is 0.471 e. The predicted octanol–water partition coefficient (Wildman–Crippen LogP) is 4.71. The van der Waals surface area contributed by atoms with Crippen LogP contribution >= 0.6 is 11.6 Å². The van der Waals surface area contributed by atoms with Gasteiger partial charge in [0.2, 0.25) is 0 Å². The fourth-order valence-electron chi connectivity index (χ4n) is 2.08. The minimum Gasteiger partial charge on any atom is -0.329 e. The highest BCUT2D eigenvalue weighted by atomic mass is 35.5. The summed E-state index contributed by atoms with van der Waals surface area (Å²) < 4.78 is 68.5. The molecule has 2 aromatic carbocycles. The van der Waals surface area contributed by atoms with Gasteiger partial charge in [0.15, 0.2) is 5.82 Å². The van der Waals surface area contributed by atoms with Gasteiger partial charge >= 0.3 is 12.1 Å². The Hall–Kier alpha value is -2.85. The van der Waals surface area contributed by atoms with Crippen LogP contribution in [0.15, 0.2) is 57.9 Å². The number of nitrogens with one attached hydrogen (secondary N) is 1. The predicted molar refractivity (Wildman–Crippen MR) is 96.9 cm³/mol. The van der Waals surface area contributed by atoms with Crippen molar-refractivity contribution in [1.29, 1.82) is 0 Å². The van der Waals surface area contributed by atoms with Gasteiger partial charge in [0, 0.05) is 10.7 Å². The largest absolute Gasteiger partial charge is 0.471 e. The summed E-state index contributed by atoms with van der Waals surface area (Å²) in [6.07, 6.45) is -2.07. The molecular weight excluding hydrogens is 419 g/mol. The van der Waals surface area contributed by atoms with E-state index in [1.54, 1.807) is 12.1 Å². The van der Waals surface area contributed by atoms with Gasteiger partial charge in [-0.15, -0.1) is 0 Å². The van der Waals surface area contributed by atoms with Crippen molar-refractivity contribution in [3.05, 3.63) is 70.8 Å². The Morgan fingerprint density at radius 1 is 1.00 bits per heavy atom. The SMILES string of the molecule is O=S(=O)(Nc1ccc(Cl)cc1)c1ccc(/C=C/c2noc(C(F)(F)F)n2)cc1. The number of hydrogen-bond acceptors (Lipinski definition) is 5. The van der Waals surface area contributed by atoms with Gasteiger partial charge in [0.1, 0.15) is 0 Å². The summed E-state index contributed by atoms with van der Waals surface area (Å²) >= 11 is 5.76. The van der Waals surface area contributed by atoms with Crippen LogP contribution in [0.3, 0.4) is 0 Å². The molecule has 0 spiro atoms. The molecule has 6 nitrogen and oxygen atoms in total. The lowest BCUT2D eigenvalue weighted by molar-refractivity contribution is -0.159. The molecule has 0 aliphatic rings. The third-order valence-electron chi connectivity index (χ3n) is 3.40. The number of hydrogen-bond donors (Lipinski definition) is 1. The number of alkyl halides is 3. The van der Waals surface area contributed by atoms with Crippen LogP contribution in [0, 0.1) is 0 Å². The van der Waals surface area contributed by atoms with Crippen molar-refractivity contribution >= 4 is 39.5 Å². The maximum absolute atomic E-state index is 12.4. The smallest absolute Gasteiger partial charge is 0.329 e. The highest BCUT2D eigenvalue weighted by Gasteiger charge is 2.38. The second-order valence-electron chi connectivity index (χ2n) is 5.47. The van der Waals surface area contributed by atoms with Crippen molar-refractivity contribution in [3.63, 3.8) is 0 Å². The van der Waals surface area contributed by atoms with Crippen LogP contribution in [0.25, 0.3) is 12.2 Å². The van der Waals surface area contributed by atoms with Gasteiger partial charge in [-0.2, -0.15) is 18.2 Å². The number of benzene rings is 2. The zero-order valence-electron chi connectivity index (χ0n) is 13.8. The van der Waals surface area contributed by atoms with E-state index < -0.39 is 22.1 Å². The lowest BCUT2D eigenvalue weighted by Crippen LogP contribution is -2.12. The molecule has 0 radical (unpaired) electrons. The van der Waals surface area contributed by atoms with Gasteiger partial charge in [-0.1, -0.05) is 35.0 Å². The molecule has 11 heteroatoms. The van der Waals surface area contributed by atoms with E-state index in [-0.39, 0.29) is 10.7 Å². The first-order valence-electron chi connectivity index (χ1n) is 7.61. The van der Waals surface area contributed by atoms with Gasteiger partial charge < -0.3 is 4.52 Å². The summed E-state index contributed by atoms with van der Waals surface area (Å²) in [5.74, 6) is -1.70. The molecule has 28 heavy (non-hydrogen) atoms. The van der Waals surface area contributed by atoms with Crippen LogP contribution in [-0.2, 0) is 16.2 Å². The number of rotatable bonds is 5. The van der Waals surface area contributed by atoms with Gasteiger partial charge in [0.05, 0.1) is 4.90 Å². The van der Waals surface area contributed by atoms with Crippen molar-refractivity contribution in [2.75, 3.05) is 4.72 Å². The zero-order chi connectivity index (χ0) is 20.4. The summed E-state index contributed by atoms with van der Waals surface area (Å²) in [6, 6.07) is 11.8. The fourth-order valence-corrected chi connectivity index (χ4v) is 3.26. The number of nitrogens with zero attached hydrogens (tertiary/aromatic N) is 2. The van der Waals surface area contributed by atoms with Crippen molar-refractivity contribution < 1.29 is 26.1 Å². The summed E-state index contributed by atoms with van der Waals surface area (Å²) in [5, 5.41) is 3.67. The summed E-state index contributed by atoms with van der Waals surface area (Å²) in [6.45, 7) is 0. The van der Waals surface area contributed by atoms with Crippen LogP contribution in [-0.4, -0.2) is 18.6 Å². The molecule has 146 valence electrons. The molecule has 0 bridgehead atoms. The molecular formula is C17H11ClF3N3O3S. The van der Waals surface area contributed by atoms with Crippen molar-refractivity contribution in [1.82, 2.24) is 10.1 Å². The Morgan fingerprint density at radius 3 is 2.21 bits per heavy atom. The van der Waals surface area contributed by atoms with Gasteiger partial charge in [-0.25, -0.2) is 8.42 Å². The molecule has 3 rings (SSSR count). The molecule has 1 N–H and O–H groups in total. The molecule has 0 saturated heterocycles. The van der Waals surface area contributed by atoms with Crippen LogP contribution in [0.5, 0.6) is 0 Å². The highest BCUT2D eigenvalue weighted by Crippen LogP contribution is 2.27. The van der Waals surface area contributed by atoms with E-state index in [0.717, 1.165) is 0 Å². The fraction of sp³-hybridized carbons (Fsp3) is 0.0588. The molecule has 0 aliphatic carbocycles. The summed E-state index contributed by atoms with van der Waals surface area (Å²) in [7, 11) is -3.80. The molecule has 0 fully saturated rings. The second kappa shape index (κ2) is 7.64. The van der Waals surface area contributed by atoms with E-state index >= 15 is 0 Å². The number of anilines is 1. The summed E-state index contributed by atoms with van der Waals surface area (Å²) in [5.41, 5.74) is 0.884. The Bertz CT molecular complexity index is 1090. The lowest BCUT2D eigenvalue weighted by atomic mass is 10.2. The average Bonchev–Trinajstić information content (AvgIpc) is 3.12. The van der Waals surface area contributed by atoms with E-state index in [4.69, 9.17) is 11.6 Å². The van der Waals surface area contributed by atoms with Gasteiger partial charge in [0.25, 0.3) is 10.0 Å². The van der Waals surface area contributed by atoms with Gasteiger partial charge in [-0.05, 0) is 48.0 Å². The maximum atomic E-state index is 12.4. The zero-order valence-corrected chi connectivity index (χ0v) is 15.4. The molecule has 1 heterocycles. The Morgan fingerprint density at radius 2 is 1.64 bits per heavy atom. The molecule has 0 aliphatic heterocycles. The number of halogens is 4. The molecule has 0 amide bonds. The third-order valence-corrected chi connectivity index (χ3v) is 5.05. The van der Waals surface area contributed by atoms with Crippen LogP contribution in [0.2, 0.25) is 5.02 Å². The molecule has 1 aromatic heterocycles. The van der Waals surface area contributed by atoms with E-state index in [2.05, 4.69) is 19.4 Å². The first kappa shape index (κ1) is 19.9. The van der Waals surface area contributed by atoms with E-state index in [0.29, 0.717) is 16.3 Å². The van der Waals surface area contributed by atoms with Crippen molar-refractivity contribution in [2.24, 2.45) is 0 Å². The lowest BCUT2D eigenvalue weighted by Gasteiger charge is -2.08. The van der Waals surface area contributed by atoms with E-state index in [1.807, 2.05) is 0 Å². The van der Waals surface area contributed by atoms with Crippen LogP contribution in [0.4, 0.5) is 18.9 Å². The Kier molecular flexibility index (Phi) is 5.43. The Balaban J connectivity index is 1.72. The quantitative estimate of drug-likeness (QED) is 0.634. The van der Waals surface area contributed by atoms with E-state index in [9.17, 15) is 21.6 Å². The average molecular weight is 430 g/mol. The van der Waals surface area contributed by atoms with Gasteiger partial charge in [-0.3, -0.25) is 4.72 Å². The van der Waals surface area contributed by atoms with Crippen molar-refractivity contribution in [2.45, 2.75) is 11.1 Å². The second-order valence-corrected chi connectivity index (χ2v) is 7.59. The molecule has 0 atom stereocenters. The van der Waals surface area contributed by atoms with Crippen molar-refractivity contribution in [3.8, 4) is 0 Å². The number of sulfonamides is 1. The first-order chi connectivity index (χ1) is 13.1. The monoisotopic (exact) mass is 429 g/mol. The summed E-state index contributed by atoms with van der Waals surface area (Å²) in [4.78, 5) is 3.21. The molecule has 3 aromatic rings. The minimum atomic E-state index is -4.72. The molecule has 0 unspecified atom stereocenters. The third kappa shape index (κ3) is 4.90. The van der Waals surface area contributed by atoms with E-state index in [1.165, 1.54) is 48.6 Å². The topological polar surface area (TPSA) is 85.1 Å². The first-order valence-corrected chi connectivity index (χ1v) is 9.47. The minimum absolute atomic E-state index is 0.0125. The standard InChI is InChI=1S/C17H11ClF3N3O3S/c18-12-4-6-13(7-5-12)24-28(25,26)14-8-1-11(2-9-14)3-10-15-22-16(27-23-15)17(19,20)21/h1-10,24H/b10-3+. The number of aromatic nitrogens is 2. The van der Waals surface area contributed by atoms with Crippen LogP contribution < -0.4 is 4.72 Å². The van der Waals surface area contributed by atoms with Crippen LogP contribution in [0.1, 0.15) is 17.3 Å². The Labute approximate surface area is 162 Å². The molecule has 0 saturated carbocycles. The highest BCUT2D eigenvalue weighted by molar-refractivity contribution is 7.92.